The second kappa shape index (κ2) is 5.88. The number of nitrogens with one attached hydrogen (secondary N) is 1. The van der Waals surface area contributed by atoms with Gasteiger partial charge < -0.3 is 15.5 Å². The zero-order valence-electron chi connectivity index (χ0n) is 10.5. The Balaban J connectivity index is 1.99. The summed E-state index contributed by atoms with van der Waals surface area (Å²) < 4.78 is 0. The lowest BCUT2D eigenvalue weighted by Crippen LogP contribution is -2.14. The first-order valence-corrected chi connectivity index (χ1v) is 5.96. The van der Waals surface area contributed by atoms with Gasteiger partial charge in [-0.25, -0.2) is 4.79 Å². The Morgan fingerprint density at radius 3 is 2.35 bits per heavy atom. The third-order valence-electron chi connectivity index (χ3n) is 2.69. The lowest BCUT2D eigenvalue weighted by molar-refractivity contribution is -0.115. The van der Waals surface area contributed by atoms with Gasteiger partial charge in [0.05, 0.1) is 12.0 Å². The van der Waals surface area contributed by atoms with Crippen LogP contribution in [0.2, 0.25) is 0 Å². The molecule has 2 aromatic carbocycles. The third kappa shape index (κ3) is 3.58. The number of anilines is 1. The largest absolute Gasteiger partial charge is 0.508 e. The average molecular weight is 271 g/mol. The first-order valence-electron chi connectivity index (χ1n) is 5.96. The molecule has 0 heterocycles. The fourth-order valence-electron chi connectivity index (χ4n) is 1.75. The highest BCUT2D eigenvalue weighted by Crippen LogP contribution is 2.13. The van der Waals surface area contributed by atoms with Crippen LogP contribution < -0.4 is 5.32 Å². The summed E-state index contributed by atoms with van der Waals surface area (Å²) >= 11 is 0. The van der Waals surface area contributed by atoms with E-state index in [1.807, 2.05) is 0 Å². The zero-order valence-corrected chi connectivity index (χ0v) is 10.5. The fraction of sp³-hybridized carbons (Fsp3) is 0.0667. The van der Waals surface area contributed by atoms with Crippen LogP contribution in [0.4, 0.5) is 5.69 Å². The predicted octanol–water partition coefficient (Wildman–Crippen LogP) is 2.27. The molecule has 0 saturated heterocycles. The first-order chi connectivity index (χ1) is 9.54. The smallest absolute Gasteiger partial charge is 0.335 e. The van der Waals surface area contributed by atoms with E-state index in [-0.39, 0.29) is 23.6 Å². The maximum atomic E-state index is 11.8. The summed E-state index contributed by atoms with van der Waals surface area (Å²) in [7, 11) is 0. The number of carbonyl (C=O) groups excluding carboxylic acids is 1. The second-order valence-electron chi connectivity index (χ2n) is 4.28. The lowest BCUT2D eigenvalue weighted by Gasteiger charge is -2.06. The van der Waals surface area contributed by atoms with Gasteiger partial charge in [0.15, 0.2) is 0 Å². The fourth-order valence-corrected chi connectivity index (χ4v) is 1.75. The van der Waals surface area contributed by atoms with E-state index in [4.69, 9.17) is 5.11 Å². The van der Waals surface area contributed by atoms with Crippen molar-refractivity contribution in [1.29, 1.82) is 0 Å². The van der Waals surface area contributed by atoms with E-state index in [9.17, 15) is 14.7 Å². The molecular formula is C15H13NO4. The molecule has 3 N–H and O–H groups in total. The van der Waals surface area contributed by atoms with Crippen LogP contribution in [-0.2, 0) is 11.2 Å². The van der Waals surface area contributed by atoms with Crippen LogP contribution in [-0.4, -0.2) is 22.1 Å². The SMILES string of the molecule is O=C(Cc1cccc(O)c1)Nc1ccc(C(=O)O)cc1. The highest BCUT2D eigenvalue weighted by Gasteiger charge is 2.06. The van der Waals surface area contributed by atoms with Gasteiger partial charge >= 0.3 is 5.97 Å². The second-order valence-corrected chi connectivity index (χ2v) is 4.28. The van der Waals surface area contributed by atoms with Crippen LogP contribution in [0.1, 0.15) is 15.9 Å². The molecule has 20 heavy (non-hydrogen) atoms. The van der Waals surface area contributed by atoms with Gasteiger partial charge in [-0.2, -0.15) is 0 Å². The van der Waals surface area contributed by atoms with Gasteiger partial charge in [-0.3, -0.25) is 4.79 Å². The molecule has 0 fully saturated rings. The Bertz CT molecular complexity index is 635. The average Bonchev–Trinajstić information content (AvgIpc) is 2.39. The van der Waals surface area contributed by atoms with Crippen molar-refractivity contribution in [2.75, 3.05) is 5.32 Å². The number of phenols is 1. The minimum atomic E-state index is -1.01. The lowest BCUT2D eigenvalue weighted by atomic mass is 10.1. The third-order valence-corrected chi connectivity index (χ3v) is 2.69. The van der Waals surface area contributed by atoms with E-state index in [0.717, 1.165) is 0 Å². The van der Waals surface area contributed by atoms with Crippen LogP contribution >= 0.6 is 0 Å². The molecule has 0 aliphatic heterocycles. The normalized spacial score (nSPS) is 10.0. The van der Waals surface area contributed by atoms with Crippen LogP contribution in [0.3, 0.4) is 0 Å². The molecule has 0 unspecified atom stereocenters. The number of carbonyl (C=O) groups is 2. The minimum Gasteiger partial charge on any atom is -0.508 e. The Kier molecular flexibility index (Phi) is 4.00. The van der Waals surface area contributed by atoms with Gasteiger partial charge in [0, 0.05) is 5.69 Å². The number of aromatic hydroxyl groups is 1. The summed E-state index contributed by atoms with van der Waals surface area (Å²) in [4.78, 5) is 22.5. The zero-order chi connectivity index (χ0) is 14.5. The molecule has 5 heteroatoms. The van der Waals surface area contributed by atoms with Crippen molar-refractivity contribution in [3.05, 3.63) is 59.7 Å². The summed E-state index contributed by atoms with van der Waals surface area (Å²) in [5.74, 6) is -1.14. The molecule has 0 bridgehead atoms. The molecule has 102 valence electrons. The minimum absolute atomic E-state index is 0.112. The summed E-state index contributed by atoms with van der Waals surface area (Å²) in [6.07, 6.45) is 0.134. The van der Waals surface area contributed by atoms with Gasteiger partial charge in [0.2, 0.25) is 5.91 Å². The molecule has 0 radical (unpaired) electrons. The molecule has 0 aliphatic carbocycles. The molecule has 0 spiro atoms. The maximum absolute atomic E-state index is 11.8. The monoisotopic (exact) mass is 271 g/mol. The van der Waals surface area contributed by atoms with Crippen molar-refractivity contribution >= 4 is 17.6 Å². The van der Waals surface area contributed by atoms with Crippen LogP contribution in [0.25, 0.3) is 0 Å². The van der Waals surface area contributed by atoms with Crippen molar-refractivity contribution in [2.24, 2.45) is 0 Å². The molecule has 0 aliphatic rings. The number of carboxylic acid groups (broad SMARTS) is 1. The molecule has 0 atom stereocenters. The number of carboxylic acids is 1. The molecule has 1 amide bonds. The van der Waals surface area contributed by atoms with Crippen molar-refractivity contribution in [1.82, 2.24) is 0 Å². The quantitative estimate of drug-likeness (QED) is 0.796. The number of benzene rings is 2. The van der Waals surface area contributed by atoms with Crippen molar-refractivity contribution in [3.63, 3.8) is 0 Å². The standard InChI is InChI=1S/C15H13NO4/c17-13-3-1-2-10(8-13)9-14(18)16-12-6-4-11(5-7-12)15(19)20/h1-8,17H,9H2,(H,16,18)(H,19,20). The molecule has 2 rings (SSSR count). The van der Waals surface area contributed by atoms with E-state index in [1.165, 1.54) is 36.4 Å². The predicted molar refractivity (Wildman–Crippen MR) is 73.8 cm³/mol. The Morgan fingerprint density at radius 1 is 1.05 bits per heavy atom. The summed E-state index contributed by atoms with van der Waals surface area (Å²) in [6.45, 7) is 0. The first kappa shape index (κ1) is 13.6. The van der Waals surface area contributed by atoms with Crippen molar-refractivity contribution in [3.8, 4) is 5.75 Å². The number of rotatable bonds is 4. The molecule has 2 aromatic rings. The van der Waals surface area contributed by atoms with Crippen LogP contribution in [0.5, 0.6) is 5.75 Å². The summed E-state index contributed by atoms with van der Waals surface area (Å²) in [5, 5.41) is 20.7. The van der Waals surface area contributed by atoms with E-state index >= 15 is 0 Å². The summed E-state index contributed by atoms with van der Waals surface area (Å²) in [5.41, 5.74) is 1.39. The van der Waals surface area contributed by atoms with E-state index in [0.29, 0.717) is 11.3 Å². The van der Waals surface area contributed by atoms with Gasteiger partial charge in [0.1, 0.15) is 5.75 Å². The topological polar surface area (TPSA) is 86.6 Å². The summed E-state index contributed by atoms with van der Waals surface area (Å²) in [6, 6.07) is 12.4. The Labute approximate surface area is 115 Å². The molecule has 0 aromatic heterocycles. The van der Waals surface area contributed by atoms with Gasteiger partial charge in [-0.15, -0.1) is 0 Å². The van der Waals surface area contributed by atoms with Crippen LogP contribution in [0, 0.1) is 0 Å². The number of hydrogen-bond acceptors (Lipinski definition) is 3. The van der Waals surface area contributed by atoms with E-state index < -0.39 is 5.97 Å². The Morgan fingerprint density at radius 2 is 1.75 bits per heavy atom. The number of amides is 1. The van der Waals surface area contributed by atoms with Gasteiger partial charge in [0.25, 0.3) is 0 Å². The Hall–Kier alpha value is -2.82. The van der Waals surface area contributed by atoms with Gasteiger partial charge in [-0.1, -0.05) is 12.1 Å². The van der Waals surface area contributed by atoms with Crippen molar-refractivity contribution < 1.29 is 19.8 Å². The van der Waals surface area contributed by atoms with E-state index in [2.05, 4.69) is 5.32 Å². The van der Waals surface area contributed by atoms with E-state index in [1.54, 1.807) is 12.1 Å². The maximum Gasteiger partial charge on any atom is 0.335 e. The number of hydrogen-bond donors (Lipinski definition) is 3. The molecular weight excluding hydrogens is 258 g/mol. The molecule has 0 saturated carbocycles. The van der Waals surface area contributed by atoms with Crippen LogP contribution in [0.15, 0.2) is 48.5 Å². The van der Waals surface area contributed by atoms with Gasteiger partial charge in [-0.05, 0) is 42.0 Å². The molecule has 5 nitrogen and oxygen atoms in total. The van der Waals surface area contributed by atoms with Crippen molar-refractivity contribution in [2.45, 2.75) is 6.42 Å². The number of phenolic OH excluding ortho intramolecular Hbond substituents is 1. The number of aromatic carboxylic acids is 1. The highest BCUT2D eigenvalue weighted by molar-refractivity contribution is 5.93. The highest BCUT2D eigenvalue weighted by atomic mass is 16.4.